The molecule has 0 spiro atoms. The number of primary amides is 1. The minimum absolute atomic E-state index is 0.123. The number of hydrogen-bond acceptors (Lipinski definition) is 4. The Balaban J connectivity index is 1.87. The molecule has 8 heteroatoms. The number of carbonyl (C=O) groups excluding carboxylic acids is 3. The van der Waals surface area contributed by atoms with Gasteiger partial charge in [0.1, 0.15) is 0 Å². The van der Waals surface area contributed by atoms with Crippen LogP contribution in [0, 0.1) is 5.92 Å². The lowest BCUT2D eigenvalue weighted by molar-refractivity contribution is -0.149. The number of ether oxygens (including phenoxy) is 1. The predicted molar refractivity (Wildman–Crippen MR) is 102 cm³/mol. The maximum Gasteiger partial charge on any atom is 0.312 e. The summed E-state index contributed by atoms with van der Waals surface area (Å²) in [5, 5.41) is 5.80. The van der Waals surface area contributed by atoms with E-state index in [-0.39, 0.29) is 25.0 Å². The first-order chi connectivity index (χ1) is 12.9. The van der Waals surface area contributed by atoms with E-state index in [2.05, 4.69) is 17.6 Å². The highest BCUT2D eigenvalue weighted by molar-refractivity contribution is 6.31. The van der Waals surface area contributed by atoms with Gasteiger partial charge in [0.2, 0.25) is 0 Å². The minimum atomic E-state index is -0.781. The van der Waals surface area contributed by atoms with E-state index in [0.717, 1.165) is 19.3 Å². The number of rotatable bonds is 7. The van der Waals surface area contributed by atoms with E-state index in [0.29, 0.717) is 16.5 Å². The standard InChI is InChI=1S/C19H26ClN3O4/c1-12-6-2-5-9-15(12)22-17(24)11-27-18(25)10-16(23-19(21)26)13-7-3-4-8-14(13)20/h3-4,7-8,12,15-16H,2,5-6,9-11H2,1H3,(H,22,24)(H3,21,23,26)/t12-,15-,16+/m1/s1. The summed E-state index contributed by atoms with van der Waals surface area (Å²) in [6.45, 7) is 1.76. The fraction of sp³-hybridized carbons (Fsp3) is 0.526. The third kappa shape index (κ3) is 6.75. The summed E-state index contributed by atoms with van der Waals surface area (Å²) >= 11 is 6.13. The van der Waals surface area contributed by atoms with Crippen LogP contribution in [0.3, 0.4) is 0 Å². The van der Waals surface area contributed by atoms with Crippen LogP contribution in [-0.2, 0) is 14.3 Å². The molecule has 27 heavy (non-hydrogen) atoms. The van der Waals surface area contributed by atoms with Crippen molar-refractivity contribution in [2.75, 3.05) is 6.61 Å². The summed E-state index contributed by atoms with van der Waals surface area (Å²) < 4.78 is 5.07. The number of hydrogen-bond donors (Lipinski definition) is 3. The second kappa shape index (κ2) is 10.2. The molecule has 1 fully saturated rings. The van der Waals surface area contributed by atoms with Gasteiger partial charge in [-0.25, -0.2) is 4.79 Å². The smallest absolute Gasteiger partial charge is 0.312 e. The number of halogens is 1. The topological polar surface area (TPSA) is 111 Å². The van der Waals surface area contributed by atoms with Crippen molar-refractivity contribution in [1.82, 2.24) is 10.6 Å². The van der Waals surface area contributed by atoms with Gasteiger partial charge in [0.05, 0.1) is 12.5 Å². The zero-order valence-corrected chi connectivity index (χ0v) is 16.1. The van der Waals surface area contributed by atoms with Crippen LogP contribution in [-0.4, -0.2) is 30.6 Å². The van der Waals surface area contributed by atoms with Crippen LogP contribution < -0.4 is 16.4 Å². The van der Waals surface area contributed by atoms with Crippen LogP contribution in [0.1, 0.15) is 50.6 Å². The Morgan fingerprint density at radius 3 is 2.63 bits per heavy atom. The molecule has 4 N–H and O–H groups in total. The fourth-order valence-corrected chi connectivity index (χ4v) is 3.59. The van der Waals surface area contributed by atoms with Gasteiger partial charge in [0.25, 0.3) is 5.91 Å². The van der Waals surface area contributed by atoms with Crippen molar-refractivity contribution in [2.24, 2.45) is 11.7 Å². The summed E-state index contributed by atoms with van der Waals surface area (Å²) in [7, 11) is 0. The van der Waals surface area contributed by atoms with E-state index in [4.69, 9.17) is 22.1 Å². The molecule has 1 aliphatic rings. The molecule has 1 aromatic carbocycles. The Morgan fingerprint density at radius 2 is 1.96 bits per heavy atom. The first-order valence-corrected chi connectivity index (χ1v) is 9.50. The number of benzene rings is 1. The highest BCUT2D eigenvalue weighted by Crippen LogP contribution is 2.25. The quantitative estimate of drug-likeness (QED) is 0.616. The Kier molecular flexibility index (Phi) is 7.91. The zero-order chi connectivity index (χ0) is 19.8. The molecule has 0 aliphatic heterocycles. The van der Waals surface area contributed by atoms with E-state index in [1.807, 2.05) is 0 Å². The average molecular weight is 396 g/mol. The maximum absolute atomic E-state index is 12.1. The minimum Gasteiger partial charge on any atom is -0.456 e. The molecular weight excluding hydrogens is 370 g/mol. The molecule has 1 saturated carbocycles. The molecule has 3 amide bonds. The summed E-state index contributed by atoms with van der Waals surface area (Å²) in [5.41, 5.74) is 5.74. The average Bonchev–Trinajstić information content (AvgIpc) is 2.61. The van der Waals surface area contributed by atoms with Gasteiger partial charge >= 0.3 is 12.0 Å². The number of urea groups is 1. The van der Waals surface area contributed by atoms with Crippen molar-refractivity contribution in [2.45, 2.75) is 51.1 Å². The largest absolute Gasteiger partial charge is 0.456 e. The van der Waals surface area contributed by atoms with Crippen molar-refractivity contribution < 1.29 is 19.1 Å². The maximum atomic E-state index is 12.1. The molecule has 1 aromatic rings. The van der Waals surface area contributed by atoms with Gasteiger partial charge in [-0.2, -0.15) is 0 Å². The third-order valence-electron chi connectivity index (χ3n) is 4.79. The second-order valence-electron chi connectivity index (χ2n) is 6.88. The molecule has 7 nitrogen and oxygen atoms in total. The van der Waals surface area contributed by atoms with Crippen molar-refractivity contribution in [3.8, 4) is 0 Å². The zero-order valence-electron chi connectivity index (χ0n) is 15.4. The fourth-order valence-electron chi connectivity index (χ4n) is 3.32. The Morgan fingerprint density at radius 1 is 1.26 bits per heavy atom. The highest BCUT2D eigenvalue weighted by atomic mass is 35.5. The monoisotopic (exact) mass is 395 g/mol. The normalized spacial score (nSPS) is 20.4. The van der Waals surface area contributed by atoms with Gasteiger partial charge in [-0.15, -0.1) is 0 Å². The lowest BCUT2D eigenvalue weighted by atomic mass is 9.86. The van der Waals surface area contributed by atoms with Crippen molar-refractivity contribution in [3.05, 3.63) is 34.9 Å². The second-order valence-corrected chi connectivity index (χ2v) is 7.29. The number of nitrogens with one attached hydrogen (secondary N) is 2. The van der Waals surface area contributed by atoms with E-state index in [9.17, 15) is 14.4 Å². The molecule has 3 atom stereocenters. The van der Waals surface area contributed by atoms with Crippen LogP contribution in [0.25, 0.3) is 0 Å². The number of carbonyl (C=O) groups is 3. The van der Waals surface area contributed by atoms with Crippen LogP contribution >= 0.6 is 11.6 Å². The Hall–Kier alpha value is -2.28. The lowest BCUT2D eigenvalue weighted by Gasteiger charge is -2.29. The molecule has 0 bridgehead atoms. The molecule has 0 radical (unpaired) electrons. The third-order valence-corrected chi connectivity index (χ3v) is 5.13. The van der Waals surface area contributed by atoms with Crippen LogP contribution in [0.15, 0.2) is 24.3 Å². The Labute approximate surface area is 164 Å². The van der Waals surface area contributed by atoms with E-state index >= 15 is 0 Å². The summed E-state index contributed by atoms with van der Waals surface area (Å²) in [5.74, 6) is -0.525. The lowest BCUT2D eigenvalue weighted by Crippen LogP contribution is -2.43. The molecule has 0 heterocycles. The number of nitrogens with two attached hydrogens (primary N) is 1. The van der Waals surface area contributed by atoms with Gasteiger partial charge < -0.3 is 21.1 Å². The molecule has 148 valence electrons. The summed E-state index contributed by atoms with van der Waals surface area (Å²) in [6.07, 6.45) is 4.12. The van der Waals surface area contributed by atoms with E-state index < -0.39 is 18.0 Å². The predicted octanol–water partition coefficient (Wildman–Crippen LogP) is 2.68. The first kappa shape index (κ1) is 21.0. The highest BCUT2D eigenvalue weighted by Gasteiger charge is 2.24. The van der Waals surface area contributed by atoms with Crippen molar-refractivity contribution in [3.63, 3.8) is 0 Å². The van der Waals surface area contributed by atoms with Crippen LogP contribution in [0.4, 0.5) is 4.79 Å². The van der Waals surface area contributed by atoms with Gasteiger partial charge in [-0.3, -0.25) is 9.59 Å². The van der Waals surface area contributed by atoms with Gasteiger partial charge in [-0.05, 0) is 30.4 Å². The van der Waals surface area contributed by atoms with Crippen molar-refractivity contribution in [1.29, 1.82) is 0 Å². The van der Waals surface area contributed by atoms with Gasteiger partial charge in [-0.1, -0.05) is 49.6 Å². The summed E-state index contributed by atoms with van der Waals surface area (Å²) in [6, 6.07) is 5.42. The first-order valence-electron chi connectivity index (χ1n) is 9.12. The Bertz CT molecular complexity index is 683. The molecule has 2 rings (SSSR count). The van der Waals surface area contributed by atoms with E-state index in [1.165, 1.54) is 6.42 Å². The molecule has 0 saturated heterocycles. The SMILES string of the molecule is C[C@@H]1CCCC[C@H]1NC(=O)COC(=O)C[C@H](NC(N)=O)c1ccccc1Cl. The molecular formula is C19H26ClN3O4. The number of esters is 1. The van der Waals surface area contributed by atoms with E-state index in [1.54, 1.807) is 24.3 Å². The summed E-state index contributed by atoms with van der Waals surface area (Å²) in [4.78, 5) is 35.4. The van der Waals surface area contributed by atoms with Crippen LogP contribution in [0.2, 0.25) is 5.02 Å². The number of amides is 3. The molecule has 0 unspecified atom stereocenters. The van der Waals surface area contributed by atoms with Gasteiger partial charge in [0, 0.05) is 11.1 Å². The van der Waals surface area contributed by atoms with Crippen LogP contribution in [0.5, 0.6) is 0 Å². The van der Waals surface area contributed by atoms with Crippen molar-refractivity contribution >= 4 is 29.5 Å². The van der Waals surface area contributed by atoms with Gasteiger partial charge in [0.15, 0.2) is 6.61 Å². The molecule has 1 aliphatic carbocycles. The molecule has 0 aromatic heterocycles.